The van der Waals surface area contributed by atoms with Crippen LogP contribution >= 0.6 is 24.8 Å². The molecular weight excluding hydrogens is 347 g/mol. The third-order valence-corrected chi connectivity index (χ3v) is 3.52. The van der Waals surface area contributed by atoms with Crippen molar-refractivity contribution >= 4 is 30.7 Å². The number of amides is 1. The second-order valence-electron chi connectivity index (χ2n) is 5.97. The molecule has 0 aliphatic rings. The molecule has 1 amide bonds. The summed E-state index contributed by atoms with van der Waals surface area (Å²) in [7, 11) is 0. The third-order valence-electron chi connectivity index (χ3n) is 3.52. The summed E-state index contributed by atoms with van der Waals surface area (Å²) in [4.78, 5) is 16.3. The van der Waals surface area contributed by atoms with Gasteiger partial charge in [0.25, 0.3) is 5.91 Å². The highest BCUT2D eigenvalue weighted by atomic mass is 35.5. The quantitative estimate of drug-likeness (QED) is 0.784. The van der Waals surface area contributed by atoms with Gasteiger partial charge in [-0.05, 0) is 30.0 Å². The molecule has 1 heterocycles. The molecule has 0 spiro atoms. The SMILES string of the molecule is CC(C)CC(CN)NC(=O)c1ccc(Cn2ccnc2)cc1.Cl.Cl. The van der Waals surface area contributed by atoms with E-state index >= 15 is 0 Å². The molecule has 1 aromatic heterocycles. The maximum Gasteiger partial charge on any atom is 0.251 e. The highest BCUT2D eigenvalue weighted by molar-refractivity contribution is 5.94. The number of halogens is 2. The minimum atomic E-state index is -0.0646. The second-order valence-corrected chi connectivity index (χ2v) is 5.97. The fourth-order valence-electron chi connectivity index (χ4n) is 2.40. The van der Waals surface area contributed by atoms with Crippen LogP contribution in [-0.4, -0.2) is 28.0 Å². The molecule has 5 nitrogen and oxygen atoms in total. The zero-order valence-corrected chi connectivity index (χ0v) is 15.6. The van der Waals surface area contributed by atoms with E-state index in [-0.39, 0.29) is 36.8 Å². The van der Waals surface area contributed by atoms with Crippen molar-refractivity contribution in [3.63, 3.8) is 0 Å². The van der Waals surface area contributed by atoms with Gasteiger partial charge in [-0.3, -0.25) is 4.79 Å². The molecule has 1 aromatic carbocycles. The van der Waals surface area contributed by atoms with Crippen molar-refractivity contribution in [2.45, 2.75) is 32.9 Å². The Morgan fingerprint density at radius 2 is 1.92 bits per heavy atom. The average molecular weight is 373 g/mol. The number of carbonyl (C=O) groups excluding carboxylic acids is 1. The first kappa shape index (κ1) is 22.4. The Morgan fingerprint density at radius 1 is 1.25 bits per heavy atom. The van der Waals surface area contributed by atoms with Crippen LogP contribution in [0.2, 0.25) is 0 Å². The van der Waals surface area contributed by atoms with Gasteiger partial charge in [-0.2, -0.15) is 0 Å². The summed E-state index contributed by atoms with van der Waals surface area (Å²) >= 11 is 0. The summed E-state index contributed by atoms with van der Waals surface area (Å²) < 4.78 is 1.99. The second kappa shape index (κ2) is 11.1. The van der Waals surface area contributed by atoms with E-state index in [1.165, 1.54) is 0 Å². The first-order valence-electron chi connectivity index (χ1n) is 7.64. The van der Waals surface area contributed by atoms with Gasteiger partial charge in [0.15, 0.2) is 0 Å². The molecule has 0 aliphatic heterocycles. The van der Waals surface area contributed by atoms with Gasteiger partial charge in [-0.15, -0.1) is 24.8 Å². The fraction of sp³-hybridized carbons (Fsp3) is 0.412. The van der Waals surface area contributed by atoms with Gasteiger partial charge in [0.05, 0.1) is 6.33 Å². The van der Waals surface area contributed by atoms with E-state index in [0.717, 1.165) is 18.5 Å². The van der Waals surface area contributed by atoms with Crippen LogP contribution < -0.4 is 11.1 Å². The molecule has 0 fully saturated rings. The Balaban J connectivity index is 0.00000264. The van der Waals surface area contributed by atoms with Crippen molar-refractivity contribution in [2.24, 2.45) is 11.7 Å². The van der Waals surface area contributed by atoms with Gasteiger partial charge in [0, 0.05) is 37.1 Å². The van der Waals surface area contributed by atoms with Crippen LogP contribution in [0.25, 0.3) is 0 Å². The van der Waals surface area contributed by atoms with E-state index in [1.807, 2.05) is 35.0 Å². The molecule has 0 saturated carbocycles. The highest BCUT2D eigenvalue weighted by Crippen LogP contribution is 2.08. The minimum absolute atomic E-state index is 0. The van der Waals surface area contributed by atoms with E-state index in [4.69, 9.17) is 5.73 Å². The Hall–Kier alpha value is -1.56. The fourth-order valence-corrected chi connectivity index (χ4v) is 2.40. The summed E-state index contributed by atoms with van der Waals surface area (Å²) in [6.07, 6.45) is 6.33. The largest absolute Gasteiger partial charge is 0.348 e. The number of carbonyl (C=O) groups is 1. The number of aromatic nitrogens is 2. The molecule has 2 rings (SSSR count). The average Bonchev–Trinajstić information content (AvgIpc) is 2.99. The van der Waals surface area contributed by atoms with Crippen LogP contribution in [0, 0.1) is 5.92 Å². The van der Waals surface area contributed by atoms with Gasteiger partial charge in [-0.25, -0.2) is 4.98 Å². The predicted molar refractivity (Wildman–Crippen MR) is 102 cm³/mol. The molecule has 0 aliphatic carbocycles. The smallest absolute Gasteiger partial charge is 0.251 e. The summed E-state index contributed by atoms with van der Waals surface area (Å²) in [5.41, 5.74) is 7.52. The van der Waals surface area contributed by atoms with Crippen LogP contribution in [0.15, 0.2) is 43.0 Å². The van der Waals surface area contributed by atoms with Crippen molar-refractivity contribution in [1.29, 1.82) is 0 Å². The molecule has 134 valence electrons. The predicted octanol–water partition coefficient (Wildman–Crippen LogP) is 2.88. The van der Waals surface area contributed by atoms with Gasteiger partial charge in [0.2, 0.25) is 0 Å². The molecule has 1 unspecified atom stereocenters. The number of nitrogens with two attached hydrogens (primary N) is 1. The summed E-state index contributed by atoms with van der Waals surface area (Å²) in [6, 6.07) is 7.66. The van der Waals surface area contributed by atoms with Gasteiger partial charge in [-0.1, -0.05) is 26.0 Å². The first-order valence-corrected chi connectivity index (χ1v) is 7.64. The molecular formula is C17H26Cl2N4O. The number of benzene rings is 1. The number of nitrogens with one attached hydrogen (secondary N) is 1. The standard InChI is InChI=1S/C17H24N4O.2ClH/c1-13(2)9-16(10-18)20-17(22)15-5-3-14(4-6-15)11-21-8-7-19-12-21;;/h3-8,12-13,16H,9-11,18H2,1-2H3,(H,20,22);2*1H. The molecule has 3 N–H and O–H groups in total. The van der Waals surface area contributed by atoms with E-state index in [1.54, 1.807) is 12.5 Å². The van der Waals surface area contributed by atoms with Crippen LogP contribution in [0.5, 0.6) is 0 Å². The van der Waals surface area contributed by atoms with E-state index < -0.39 is 0 Å². The number of hydrogen-bond donors (Lipinski definition) is 2. The molecule has 0 saturated heterocycles. The maximum absolute atomic E-state index is 12.2. The van der Waals surface area contributed by atoms with Gasteiger partial charge in [0.1, 0.15) is 0 Å². The molecule has 24 heavy (non-hydrogen) atoms. The van der Waals surface area contributed by atoms with Crippen LogP contribution in [-0.2, 0) is 6.54 Å². The molecule has 0 bridgehead atoms. The Morgan fingerprint density at radius 3 is 2.42 bits per heavy atom. The van der Waals surface area contributed by atoms with Crippen molar-refractivity contribution in [2.75, 3.05) is 6.54 Å². The lowest BCUT2D eigenvalue weighted by molar-refractivity contribution is 0.0934. The summed E-state index contributed by atoms with van der Waals surface area (Å²) in [6.45, 7) is 5.46. The first-order chi connectivity index (χ1) is 10.6. The summed E-state index contributed by atoms with van der Waals surface area (Å²) in [5.74, 6) is 0.441. The van der Waals surface area contributed by atoms with Gasteiger partial charge < -0.3 is 15.6 Å². The molecule has 2 aromatic rings. The Labute approximate surface area is 155 Å². The zero-order chi connectivity index (χ0) is 15.9. The van der Waals surface area contributed by atoms with Crippen molar-refractivity contribution in [3.05, 3.63) is 54.1 Å². The van der Waals surface area contributed by atoms with Crippen molar-refractivity contribution < 1.29 is 4.79 Å². The van der Waals surface area contributed by atoms with Crippen LogP contribution in [0.4, 0.5) is 0 Å². The number of rotatable bonds is 7. The monoisotopic (exact) mass is 372 g/mol. The lowest BCUT2D eigenvalue weighted by Gasteiger charge is -2.18. The number of nitrogens with zero attached hydrogens (tertiary/aromatic N) is 2. The van der Waals surface area contributed by atoms with Crippen LogP contribution in [0.3, 0.4) is 0 Å². The Bertz CT molecular complexity index is 585. The van der Waals surface area contributed by atoms with Crippen molar-refractivity contribution in [3.8, 4) is 0 Å². The van der Waals surface area contributed by atoms with Gasteiger partial charge >= 0.3 is 0 Å². The zero-order valence-electron chi connectivity index (χ0n) is 14.0. The number of hydrogen-bond acceptors (Lipinski definition) is 3. The van der Waals surface area contributed by atoms with E-state index in [0.29, 0.717) is 18.0 Å². The van der Waals surface area contributed by atoms with E-state index in [9.17, 15) is 4.79 Å². The number of imidazole rings is 1. The molecule has 0 radical (unpaired) electrons. The lowest BCUT2D eigenvalue weighted by Crippen LogP contribution is -2.41. The minimum Gasteiger partial charge on any atom is -0.348 e. The molecule has 7 heteroatoms. The molecule has 1 atom stereocenters. The summed E-state index contributed by atoms with van der Waals surface area (Å²) in [5, 5.41) is 3.00. The Kier molecular flexibility index (Phi) is 10.4. The van der Waals surface area contributed by atoms with E-state index in [2.05, 4.69) is 24.1 Å². The van der Waals surface area contributed by atoms with Crippen molar-refractivity contribution in [1.82, 2.24) is 14.9 Å². The van der Waals surface area contributed by atoms with Crippen LogP contribution in [0.1, 0.15) is 36.2 Å². The topological polar surface area (TPSA) is 72.9 Å². The lowest BCUT2D eigenvalue weighted by atomic mass is 10.0. The normalized spacial score (nSPS) is 11.3. The maximum atomic E-state index is 12.2. The highest BCUT2D eigenvalue weighted by Gasteiger charge is 2.13. The third kappa shape index (κ3) is 6.91.